The highest BCUT2D eigenvalue weighted by Gasteiger charge is 2.02. The van der Waals surface area contributed by atoms with E-state index in [0.717, 1.165) is 23.0 Å². The van der Waals surface area contributed by atoms with Gasteiger partial charge in [-0.15, -0.1) is 11.6 Å². The van der Waals surface area contributed by atoms with E-state index in [1.54, 1.807) is 0 Å². The topological polar surface area (TPSA) is 77.8 Å². The number of benzene rings is 1. The predicted molar refractivity (Wildman–Crippen MR) is 71.0 cm³/mol. The smallest absolute Gasteiger partial charge is 0.323 e. The van der Waals surface area contributed by atoms with Crippen LogP contribution in [-0.2, 0) is 11.2 Å². The first-order valence-electron chi connectivity index (χ1n) is 5.72. The summed E-state index contributed by atoms with van der Waals surface area (Å²) in [7, 11) is 0. The van der Waals surface area contributed by atoms with Gasteiger partial charge >= 0.3 is 5.69 Å². The third kappa shape index (κ3) is 3.13. The van der Waals surface area contributed by atoms with Gasteiger partial charge in [0.05, 0.1) is 11.0 Å². The average molecular weight is 268 g/mol. The fourth-order valence-electron chi connectivity index (χ4n) is 1.76. The third-order valence-electron chi connectivity index (χ3n) is 2.64. The zero-order chi connectivity index (χ0) is 13.0. The van der Waals surface area contributed by atoms with Gasteiger partial charge in [-0.3, -0.25) is 4.79 Å². The molecular weight excluding hydrogens is 254 g/mol. The lowest BCUT2D eigenvalue weighted by molar-refractivity contribution is -0.120. The van der Waals surface area contributed by atoms with Crippen molar-refractivity contribution < 1.29 is 4.79 Å². The van der Waals surface area contributed by atoms with Crippen molar-refractivity contribution in [3.05, 3.63) is 34.2 Å². The molecule has 0 atom stereocenters. The summed E-state index contributed by atoms with van der Waals surface area (Å²) in [4.78, 5) is 27.7. The first-order chi connectivity index (χ1) is 8.69. The van der Waals surface area contributed by atoms with Gasteiger partial charge in [0.25, 0.3) is 0 Å². The number of aromatic nitrogens is 2. The number of nitrogens with one attached hydrogen (secondary N) is 3. The number of rotatable bonds is 5. The minimum absolute atomic E-state index is 0.0406. The number of H-pyrrole nitrogens is 2. The van der Waals surface area contributed by atoms with Crippen molar-refractivity contribution in [1.29, 1.82) is 0 Å². The van der Waals surface area contributed by atoms with Crippen LogP contribution in [0, 0.1) is 0 Å². The lowest BCUT2D eigenvalue weighted by atomic mass is 10.1. The SMILES string of the molecule is O=C(CCCl)NCCc1ccc2[nH]c(=O)[nH]c2c1. The Hall–Kier alpha value is -1.75. The molecule has 0 saturated carbocycles. The van der Waals surface area contributed by atoms with Crippen LogP contribution in [0.2, 0.25) is 0 Å². The number of carbonyl (C=O) groups is 1. The summed E-state index contributed by atoms with van der Waals surface area (Å²) >= 11 is 5.46. The molecule has 1 aromatic heterocycles. The van der Waals surface area contributed by atoms with Gasteiger partial charge in [-0.25, -0.2) is 4.79 Å². The molecule has 0 aliphatic rings. The summed E-state index contributed by atoms with van der Waals surface area (Å²) in [6.45, 7) is 0.565. The first kappa shape index (κ1) is 12.7. The molecule has 2 rings (SSSR count). The lowest BCUT2D eigenvalue weighted by Crippen LogP contribution is -2.25. The lowest BCUT2D eigenvalue weighted by Gasteiger charge is -2.04. The molecular formula is C12H14ClN3O2. The van der Waals surface area contributed by atoms with E-state index in [0.29, 0.717) is 18.8 Å². The maximum absolute atomic E-state index is 11.2. The van der Waals surface area contributed by atoms with Gasteiger partial charge in [-0.1, -0.05) is 6.07 Å². The Morgan fingerprint density at radius 3 is 2.83 bits per heavy atom. The zero-order valence-corrected chi connectivity index (χ0v) is 10.5. The van der Waals surface area contributed by atoms with Crippen LogP contribution in [-0.4, -0.2) is 28.3 Å². The number of imidazole rings is 1. The van der Waals surface area contributed by atoms with Crippen molar-refractivity contribution in [3.63, 3.8) is 0 Å². The van der Waals surface area contributed by atoms with E-state index in [1.807, 2.05) is 18.2 Å². The summed E-state index contributed by atoms with van der Waals surface area (Å²) in [5.74, 6) is 0.295. The second-order valence-electron chi connectivity index (χ2n) is 4.00. The Morgan fingerprint density at radius 1 is 1.28 bits per heavy atom. The molecule has 0 aliphatic carbocycles. The summed E-state index contributed by atoms with van der Waals surface area (Å²) in [6.07, 6.45) is 1.06. The van der Waals surface area contributed by atoms with Gasteiger partial charge < -0.3 is 15.3 Å². The van der Waals surface area contributed by atoms with Crippen LogP contribution in [0.3, 0.4) is 0 Å². The van der Waals surface area contributed by atoms with Gasteiger partial charge in [0, 0.05) is 18.8 Å². The minimum atomic E-state index is -0.211. The maximum Gasteiger partial charge on any atom is 0.323 e. The molecule has 0 aliphatic heterocycles. The van der Waals surface area contributed by atoms with Crippen LogP contribution in [0.25, 0.3) is 11.0 Å². The van der Waals surface area contributed by atoms with Crippen molar-refractivity contribution in [1.82, 2.24) is 15.3 Å². The molecule has 0 spiro atoms. The molecule has 6 heteroatoms. The molecule has 0 unspecified atom stereocenters. The number of carbonyl (C=O) groups excluding carboxylic acids is 1. The van der Waals surface area contributed by atoms with Crippen LogP contribution in [0.4, 0.5) is 0 Å². The fourth-order valence-corrected chi connectivity index (χ4v) is 1.93. The number of alkyl halides is 1. The molecule has 3 N–H and O–H groups in total. The van der Waals surface area contributed by atoms with Crippen molar-refractivity contribution in [2.75, 3.05) is 12.4 Å². The molecule has 5 nitrogen and oxygen atoms in total. The van der Waals surface area contributed by atoms with Gasteiger partial charge in [0.15, 0.2) is 0 Å². The zero-order valence-electron chi connectivity index (χ0n) is 9.75. The Labute approximate surface area is 109 Å². The van der Waals surface area contributed by atoms with E-state index in [1.165, 1.54) is 0 Å². The molecule has 0 saturated heterocycles. The maximum atomic E-state index is 11.2. The van der Waals surface area contributed by atoms with Crippen molar-refractivity contribution in [2.24, 2.45) is 0 Å². The average Bonchev–Trinajstić information content (AvgIpc) is 2.69. The van der Waals surface area contributed by atoms with Crippen LogP contribution in [0.15, 0.2) is 23.0 Å². The molecule has 1 heterocycles. The second kappa shape index (κ2) is 5.73. The van der Waals surface area contributed by atoms with E-state index in [2.05, 4.69) is 15.3 Å². The Morgan fingerprint density at radius 2 is 2.06 bits per heavy atom. The van der Waals surface area contributed by atoms with Crippen LogP contribution < -0.4 is 11.0 Å². The van der Waals surface area contributed by atoms with Gasteiger partial charge in [-0.05, 0) is 24.1 Å². The number of fused-ring (bicyclic) bond motifs is 1. The Bertz CT molecular complexity index is 603. The van der Waals surface area contributed by atoms with E-state index in [4.69, 9.17) is 11.6 Å². The van der Waals surface area contributed by atoms with Crippen LogP contribution >= 0.6 is 11.6 Å². The van der Waals surface area contributed by atoms with Gasteiger partial charge in [-0.2, -0.15) is 0 Å². The largest absolute Gasteiger partial charge is 0.356 e. The predicted octanol–water partition coefficient (Wildman–Crippen LogP) is 1.14. The minimum Gasteiger partial charge on any atom is -0.356 e. The van der Waals surface area contributed by atoms with E-state index in [-0.39, 0.29) is 11.6 Å². The number of hydrogen-bond donors (Lipinski definition) is 3. The fraction of sp³-hybridized carbons (Fsp3) is 0.333. The Balaban J connectivity index is 1.95. The van der Waals surface area contributed by atoms with E-state index >= 15 is 0 Å². The summed E-state index contributed by atoms with van der Waals surface area (Å²) in [6, 6.07) is 5.68. The third-order valence-corrected chi connectivity index (χ3v) is 2.83. The van der Waals surface area contributed by atoms with E-state index < -0.39 is 0 Å². The standard InChI is InChI=1S/C12H14ClN3O2/c13-5-3-11(17)14-6-4-8-1-2-9-10(7-8)16-12(18)15-9/h1-2,7H,3-6H2,(H,14,17)(H2,15,16,18). The molecule has 0 radical (unpaired) electrons. The molecule has 2 aromatic rings. The molecule has 18 heavy (non-hydrogen) atoms. The molecule has 1 amide bonds. The highest BCUT2D eigenvalue weighted by molar-refractivity contribution is 6.18. The Kier molecular flexibility index (Phi) is 4.04. The normalized spacial score (nSPS) is 10.7. The quantitative estimate of drug-likeness (QED) is 0.711. The number of hydrogen-bond acceptors (Lipinski definition) is 2. The number of aromatic amines is 2. The van der Waals surface area contributed by atoms with Gasteiger partial charge in [0.2, 0.25) is 5.91 Å². The van der Waals surface area contributed by atoms with Gasteiger partial charge in [0.1, 0.15) is 0 Å². The van der Waals surface area contributed by atoms with Crippen molar-refractivity contribution >= 4 is 28.5 Å². The number of amides is 1. The number of halogens is 1. The van der Waals surface area contributed by atoms with Crippen molar-refractivity contribution in [2.45, 2.75) is 12.8 Å². The summed E-state index contributed by atoms with van der Waals surface area (Å²) in [5.41, 5.74) is 2.42. The molecule has 96 valence electrons. The molecule has 0 bridgehead atoms. The second-order valence-corrected chi connectivity index (χ2v) is 4.38. The summed E-state index contributed by atoms with van der Waals surface area (Å²) in [5, 5.41) is 2.78. The molecule has 0 fully saturated rings. The van der Waals surface area contributed by atoms with Crippen LogP contribution in [0.5, 0.6) is 0 Å². The first-order valence-corrected chi connectivity index (χ1v) is 6.26. The monoisotopic (exact) mass is 267 g/mol. The highest BCUT2D eigenvalue weighted by Crippen LogP contribution is 2.10. The van der Waals surface area contributed by atoms with Crippen molar-refractivity contribution in [3.8, 4) is 0 Å². The van der Waals surface area contributed by atoms with Crippen LogP contribution in [0.1, 0.15) is 12.0 Å². The van der Waals surface area contributed by atoms with E-state index in [9.17, 15) is 9.59 Å². The molecule has 1 aromatic carbocycles. The summed E-state index contributed by atoms with van der Waals surface area (Å²) < 4.78 is 0. The highest BCUT2D eigenvalue weighted by atomic mass is 35.5.